The molecule has 8 nitrogen and oxygen atoms in total. The molecule has 0 unspecified atom stereocenters. The Labute approximate surface area is 181 Å². The van der Waals surface area contributed by atoms with Crippen LogP contribution in [0.3, 0.4) is 0 Å². The third-order valence-electron chi connectivity index (χ3n) is 3.80. The number of rotatable bonds is 11. The third kappa shape index (κ3) is 7.45. The van der Waals surface area contributed by atoms with Crippen LogP contribution in [0.25, 0.3) is 0 Å². The van der Waals surface area contributed by atoms with E-state index in [2.05, 4.69) is 10.6 Å². The number of primary amides is 2. The first-order chi connectivity index (χ1) is 14.4. The van der Waals surface area contributed by atoms with Crippen LogP contribution in [0, 0.1) is 0 Å². The zero-order valence-corrected chi connectivity index (χ0v) is 17.7. The molecule has 0 radical (unpaired) electrons. The molecule has 2 aromatic rings. The summed E-state index contributed by atoms with van der Waals surface area (Å²) in [5, 5.41) is 5.33. The number of nitrogens with one attached hydrogen (secondary N) is 2. The number of amides is 4. The molecule has 2 aromatic carbocycles. The van der Waals surface area contributed by atoms with Gasteiger partial charge in [-0.2, -0.15) is 0 Å². The molecule has 0 saturated carbocycles. The predicted molar refractivity (Wildman–Crippen MR) is 117 cm³/mol. The Kier molecular flexibility index (Phi) is 9.23. The van der Waals surface area contributed by atoms with Crippen LogP contribution < -0.4 is 22.1 Å². The van der Waals surface area contributed by atoms with Crippen molar-refractivity contribution in [2.75, 3.05) is 13.1 Å². The zero-order chi connectivity index (χ0) is 21.9. The van der Waals surface area contributed by atoms with E-state index in [-0.39, 0.29) is 37.7 Å². The normalized spacial score (nSPS) is 10.3. The molecule has 0 heterocycles. The first kappa shape index (κ1) is 23.3. The molecule has 6 N–H and O–H groups in total. The first-order valence-corrected chi connectivity index (χ1v) is 11.2. The molecule has 30 heavy (non-hydrogen) atoms. The second-order valence-electron chi connectivity index (χ2n) is 6.10. The summed E-state index contributed by atoms with van der Waals surface area (Å²) in [4.78, 5) is 47.9. The summed E-state index contributed by atoms with van der Waals surface area (Å²) in [6.07, 6.45) is 0.127. The monoisotopic (exact) mass is 446 g/mol. The van der Waals surface area contributed by atoms with Crippen molar-refractivity contribution >= 4 is 45.2 Å². The quantitative estimate of drug-likeness (QED) is 0.387. The minimum atomic E-state index is -0.487. The number of hydrogen-bond acceptors (Lipinski definition) is 6. The largest absolute Gasteiger partial charge is 0.370 e. The van der Waals surface area contributed by atoms with E-state index in [0.717, 1.165) is 0 Å². The fraction of sp³-hybridized carbons (Fsp3) is 0.200. The molecular formula is C20H22N4O4S2. The lowest BCUT2D eigenvalue weighted by Crippen LogP contribution is -2.28. The van der Waals surface area contributed by atoms with E-state index in [1.54, 1.807) is 36.4 Å². The molecule has 158 valence electrons. The lowest BCUT2D eigenvalue weighted by molar-refractivity contribution is -0.118. The number of hydrogen-bond donors (Lipinski definition) is 4. The summed E-state index contributed by atoms with van der Waals surface area (Å²) in [6.45, 7) is 0.323. The highest BCUT2D eigenvalue weighted by Gasteiger charge is 2.15. The van der Waals surface area contributed by atoms with Gasteiger partial charge in [-0.15, -0.1) is 0 Å². The van der Waals surface area contributed by atoms with Crippen molar-refractivity contribution in [3.8, 4) is 0 Å². The second kappa shape index (κ2) is 11.9. The van der Waals surface area contributed by atoms with Gasteiger partial charge in [0.2, 0.25) is 11.8 Å². The van der Waals surface area contributed by atoms with Crippen LogP contribution in [0.2, 0.25) is 0 Å². The van der Waals surface area contributed by atoms with E-state index in [0.29, 0.717) is 20.9 Å². The summed E-state index contributed by atoms with van der Waals surface area (Å²) < 4.78 is 0. The van der Waals surface area contributed by atoms with Crippen molar-refractivity contribution in [3.63, 3.8) is 0 Å². The van der Waals surface area contributed by atoms with E-state index in [9.17, 15) is 19.2 Å². The maximum absolute atomic E-state index is 12.4. The van der Waals surface area contributed by atoms with Crippen LogP contribution in [-0.2, 0) is 9.59 Å². The van der Waals surface area contributed by atoms with Crippen LogP contribution in [0.1, 0.15) is 33.6 Å². The molecular weight excluding hydrogens is 424 g/mol. The SMILES string of the molecule is NC(=O)CCNC(=O)c1ccccc1SSc1ccccc1C(=O)NCCC(N)=O. The summed E-state index contributed by atoms with van der Waals surface area (Å²) in [7, 11) is 2.68. The predicted octanol–water partition coefficient (Wildman–Crippen LogP) is 1.70. The molecule has 0 aliphatic carbocycles. The minimum absolute atomic E-state index is 0.0635. The topological polar surface area (TPSA) is 144 Å². The van der Waals surface area contributed by atoms with Crippen molar-refractivity contribution < 1.29 is 19.2 Å². The van der Waals surface area contributed by atoms with Crippen LogP contribution in [-0.4, -0.2) is 36.7 Å². The van der Waals surface area contributed by atoms with E-state index in [1.165, 1.54) is 21.6 Å². The fourth-order valence-electron chi connectivity index (χ4n) is 2.33. The van der Waals surface area contributed by atoms with Gasteiger partial charge in [0.1, 0.15) is 0 Å². The molecule has 10 heteroatoms. The van der Waals surface area contributed by atoms with Crippen molar-refractivity contribution in [2.24, 2.45) is 11.5 Å². The molecule has 2 rings (SSSR count). The third-order valence-corrected chi connectivity index (χ3v) is 6.28. The summed E-state index contributed by atoms with van der Waals surface area (Å²) in [6, 6.07) is 14.1. The summed E-state index contributed by atoms with van der Waals surface area (Å²) in [5.74, 6) is -1.59. The number of carbonyl (C=O) groups is 4. The smallest absolute Gasteiger partial charge is 0.252 e. The summed E-state index contributed by atoms with van der Waals surface area (Å²) >= 11 is 0. The highest BCUT2D eigenvalue weighted by atomic mass is 33.1. The van der Waals surface area contributed by atoms with Crippen molar-refractivity contribution in [2.45, 2.75) is 22.6 Å². The second-order valence-corrected chi connectivity index (χ2v) is 8.32. The van der Waals surface area contributed by atoms with E-state index in [1.807, 2.05) is 12.1 Å². The lowest BCUT2D eigenvalue weighted by atomic mass is 10.2. The van der Waals surface area contributed by atoms with E-state index < -0.39 is 11.8 Å². The van der Waals surface area contributed by atoms with Crippen LogP contribution >= 0.6 is 21.6 Å². The molecule has 0 spiro atoms. The maximum atomic E-state index is 12.4. The highest BCUT2D eigenvalue weighted by Crippen LogP contribution is 2.40. The summed E-state index contributed by atoms with van der Waals surface area (Å²) in [5.41, 5.74) is 11.1. The Morgan fingerprint density at radius 2 is 1.03 bits per heavy atom. The van der Waals surface area contributed by atoms with E-state index in [4.69, 9.17) is 11.5 Å². The Hall–Kier alpha value is -2.98. The average molecular weight is 447 g/mol. The minimum Gasteiger partial charge on any atom is -0.370 e. The van der Waals surface area contributed by atoms with Gasteiger partial charge < -0.3 is 22.1 Å². The zero-order valence-electron chi connectivity index (χ0n) is 16.1. The molecule has 0 aliphatic rings. The van der Waals surface area contributed by atoms with Crippen LogP contribution in [0.15, 0.2) is 58.3 Å². The Morgan fingerprint density at radius 1 is 0.667 bits per heavy atom. The van der Waals surface area contributed by atoms with Gasteiger partial charge in [0.05, 0.1) is 11.1 Å². The van der Waals surface area contributed by atoms with Crippen molar-refractivity contribution in [3.05, 3.63) is 59.7 Å². The van der Waals surface area contributed by atoms with Crippen molar-refractivity contribution in [1.29, 1.82) is 0 Å². The van der Waals surface area contributed by atoms with Crippen LogP contribution in [0.5, 0.6) is 0 Å². The molecule has 0 bridgehead atoms. The van der Waals surface area contributed by atoms with E-state index >= 15 is 0 Å². The molecule has 4 amide bonds. The number of carbonyl (C=O) groups excluding carboxylic acids is 4. The lowest BCUT2D eigenvalue weighted by Gasteiger charge is -2.11. The van der Waals surface area contributed by atoms with Crippen molar-refractivity contribution in [1.82, 2.24) is 10.6 Å². The van der Waals surface area contributed by atoms with Gasteiger partial charge in [-0.05, 0) is 24.3 Å². The molecule has 0 saturated heterocycles. The Balaban J connectivity index is 2.06. The molecule has 0 atom stereocenters. The van der Waals surface area contributed by atoms with Gasteiger partial charge in [0.25, 0.3) is 11.8 Å². The van der Waals surface area contributed by atoms with Gasteiger partial charge in [-0.25, -0.2) is 0 Å². The average Bonchev–Trinajstić information content (AvgIpc) is 2.72. The Bertz CT molecular complexity index is 861. The number of benzene rings is 2. The van der Waals surface area contributed by atoms with Gasteiger partial charge in [0, 0.05) is 35.7 Å². The molecule has 0 aromatic heterocycles. The first-order valence-electron chi connectivity index (χ1n) is 9.04. The Morgan fingerprint density at radius 3 is 1.40 bits per heavy atom. The standard InChI is InChI=1S/C20H22N4O4S2/c21-17(25)9-11-23-19(27)13-5-1-3-7-15(13)29-30-16-8-4-2-6-14(16)20(28)24-12-10-18(22)26/h1-8H,9-12H2,(H2,21,25)(H2,22,26)(H,23,27)(H,24,28). The maximum Gasteiger partial charge on any atom is 0.252 e. The van der Waals surface area contributed by atoms with Gasteiger partial charge >= 0.3 is 0 Å². The molecule has 0 fully saturated rings. The van der Waals surface area contributed by atoms with Gasteiger partial charge in [0.15, 0.2) is 0 Å². The fourth-order valence-corrected chi connectivity index (χ4v) is 4.69. The van der Waals surface area contributed by atoms with Gasteiger partial charge in [-0.1, -0.05) is 45.9 Å². The molecule has 0 aliphatic heterocycles. The van der Waals surface area contributed by atoms with Gasteiger partial charge in [-0.3, -0.25) is 19.2 Å². The van der Waals surface area contributed by atoms with Crippen LogP contribution in [0.4, 0.5) is 0 Å². The number of nitrogens with two attached hydrogens (primary N) is 2. The highest BCUT2D eigenvalue weighted by molar-refractivity contribution is 8.76.